The summed E-state index contributed by atoms with van der Waals surface area (Å²) in [6, 6.07) is 14.4. The Hall–Kier alpha value is -4.37. The van der Waals surface area contributed by atoms with Crippen LogP contribution < -0.4 is 26.0 Å². The molecule has 9 heteroatoms. The number of carbonyl (C=O) groups is 1. The van der Waals surface area contributed by atoms with E-state index in [9.17, 15) is 4.79 Å². The summed E-state index contributed by atoms with van der Waals surface area (Å²) in [6.07, 6.45) is 1.60. The molecule has 2 aromatic carbocycles. The van der Waals surface area contributed by atoms with E-state index in [2.05, 4.69) is 39.4 Å². The first-order chi connectivity index (χ1) is 17.0. The van der Waals surface area contributed by atoms with Crippen LogP contribution in [0.3, 0.4) is 0 Å². The first-order valence-corrected chi connectivity index (χ1v) is 10.9. The molecule has 4 N–H and O–H groups in total. The van der Waals surface area contributed by atoms with Crippen LogP contribution in [0.1, 0.15) is 15.9 Å². The topological polar surface area (TPSA) is 96.5 Å². The van der Waals surface area contributed by atoms with E-state index >= 15 is 4.39 Å². The monoisotopic (exact) mass is 475 g/mol. The van der Waals surface area contributed by atoms with Gasteiger partial charge in [0.05, 0.1) is 12.2 Å². The van der Waals surface area contributed by atoms with E-state index in [1.165, 1.54) is 0 Å². The van der Waals surface area contributed by atoms with Crippen LogP contribution in [0.15, 0.2) is 73.5 Å². The summed E-state index contributed by atoms with van der Waals surface area (Å²) in [5.74, 6) is -0.0328. The second-order valence-electron chi connectivity index (χ2n) is 7.71. The fourth-order valence-corrected chi connectivity index (χ4v) is 3.52. The number of nitrogens with one attached hydrogen (secondary N) is 4. The molecule has 0 fully saturated rings. The number of halogens is 1. The highest BCUT2D eigenvalue weighted by atomic mass is 19.1. The van der Waals surface area contributed by atoms with Gasteiger partial charge in [-0.15, -0.1) is 0 Å². The smallest absolute Gasteiger partial charge is 0.255 e. The molecule has 0 spiro atoms. The first-order valence-electron chi connectivity index (χ1n) is 10.9. The van der Waals surface area contributed by atoms with Crippen molar-refractivity contribution in [3.05, 3.63) is 90.4 Å². The zero-order valence-corrected chi connectivity index (χ0v) is 19.3. The Balaban J connectivity index is 1.60. The Bertz CT molecular complexity index is 1260. The molecule has 0 bridgehead atoms. The molecule has 8 nitrogen and oxygen atoms in total. The molecule has 1 aliphatic heterocycles. The van der Waals surface area contributed by atoms with Crippen LogP contribution in [0.25, 0.3) is 0 Å². The van der Waals surface area contributed by atoms with E-state index in [4.69, 9.17) is 9.47 Å². The third kappa shape index (κ3) is 5.59. The quantitative estimate of drug-likeness (QED) is 0.227. The first kappa shape index (κ1) is 23.8. The van der Waals surface area contributed by atoms with Gasteiger partial charge in [0.1, 0.15) is 18.2 Å². The van der Waals surface area contributed by atoms with E-state index < -0.39 is 5.82 Å². The maximum Gasteiger partial charge on any atom is 0.255 e. The van der Waals surface area contributed by atoms with Crippen LogP contribution in [-0.4, -0.2) is 31.2 Å². The van der Waals surface area contributed by atoms with Gasteiger partial charge in [-0.05, 0) is 48.5 Å². The summed E-state index contributed by atoms with van der Waals surface area (Å²) in [7, 11) is 1.61. The zero-order valence-electron chi connectivity index (χ0n) is 19.3. The number of pyridine rings is 1. The van der Waals surface area contributed by atoms with Gasteiger partial charge in [-0.25, -0.2) is 9.37 Å². The number of amides is 1. The van der Waals surface area contributed by atoms with Crippen LogP contribution >= 0.6 is 0 Å². The lowest BCUT2D eigenvalue weighted by Gasteiger charge is -2.15. The molecule has 4 rings (SSSR count). The van der Waals surface area contributed by atoms with Crippen molar-refractivity contribution in [2.75, 3.05) is 36.3 Å². The van der Waals surface area contributed by atoms with E-state index in [0.29, 0.717) is 36.0 Å². The Morgan fingerprint density at radius 3 is 2.60 bits per heavy atom. The van der Waals surface area contributed by atoms with Gasteiger partial charge in [0.15, 0.2) is 11.6 Å². The predicted molar refractivity (Wildman–Crippen MR) is 135 cm³/mol. The molecule has 2 heterocycles. The molecule has 0 radical (unpaired) electrons. The van der Waals surface area contributed by atoms with Gasteiger partial charge in [0.2, 0.25) is 0 Å². The SMILES string of the molecule is C=CC(=C)Nc1cccc(Nc2nc(Nc3ccc(OCCOC)cc3)c3c(c2F)CNC3=O)c1. The Kier molecular flexibility index (Phi) is 7.27. The van der Waals surface area contributed by atoms with Crippen LogP contribution in [0.2, 0.25) is 0 Å². The van der Waals surface area contributed by atoms with Crippen molar-refractivity contribution in [1.29, 1.82) is 0 Å². The van der Waals surface area contributed by atoms with Crippen molar-refractivity contribution in [2.24, 2.45) is 0 Å². The van der Waals surface area contributed by atoms with Crippen molar-refractivity contribution in [2.45, 2.75) is 6.54 Å². The van der Waals surface area contributed by atoms with E-state index in [0.717, 1.165) is 5.69 Å². The van der Waals surface area contributed by atoms with E-state index in [1.807, 2.05) is 12.1 Å². The number of hydrogen-bond acceptors (Lipinski definition) is 7. The average molecular weight is 476 g/mol. The van der Waals surface area contributed by atoms with Gasteiger partial charge in [0.25, 0.3) is 5.91 Å². The molecular formula is C26H26FN5O3. The summed E-state index contributed by atoms with van der Waals surface area (Å²) in [4.78, 5) is 16.9. The molecule has 0 unspecified atom stereocenters. The van der Waals surface area contributed by atoms with Gasteiger partial charge < -0.3 is 30.7 Å². The highest BCUT2D eigenvalue weighted by Gasteiger charge is 2.30. The second kappa shape index (κ2) is 10.7. The minimum absolute atomic E-state index is 0.00182. The fraction of sp³-hybridized carbons (Fsp3) is 0.154. The third-order valence-corrected chi connectivity index (χ3v) is 5.24. The second-order valence-corrected chi connectivity index (χ2v) is 7.71. The van der Waals surface area contributed by atoms with Crippen molar-refractivity contribution >= 4 is 34.6 Å². The molecule has 1 aliphatic rings. The Morgan fingerprint density at radius 2 is 1.86 bits per heavy atom. The highest BCUT2D eigenvalue weighted by molar-refractivity contribution is 6.03. The number of methoxy groups -OCH3 is 1. The number of rotatable bonds is 11. The Morgan fingerprint density at radius 1 is 1.11 bits per heavy atom. The van der Waals surface area contributed by atoms with Gasteiger partial charge >= 0.3 is 0 Å². The van der Waals surface area contributed by atoms with Crippen molar-refractivity contribution in [3.63, 3.8) is 0 Å². The summed E-state index contributed by atoms with van der Waals surface area (Å²) in [5.41, 5.74) is 3.11. The maximum atomic E-state index is 15.3. The number of nitrogens with zero attached hydrogens (tertiary/aromatic N) is 1. The molecule has 0 saturated carbocycles. The lowest BCUT2D eigenvalue weighted by Crippen LogP contribution is -2.14. The molecule has 0 saturated heterocycles. The normalized spacial score (nSPS) is 11.9. The lowest BCUT2D eigenvalue weighted by molar-refractivity contribution is 0.0966. The Labute approximate surface area is 202 Å². The molecule has 3 aromatic rings. The zero-order chi connectivity index (χ0) is 24.8. The predicted octanol–water partition coefficient (Wildman–Crippen LogP) is 5.09. The molecule has 1 amide bonds. The van der Waals surface area contributed by atoms with Crippen molar-refractivity contribution < 1.29 is 18.7 Å². The van der Waals surface area contributed by atoms with Crippen LogP contribution in [-0.2, 0) is 11.3 Å². The number of hydrogen-bond donors (Lipinski definition) is 4. The van der Waals surface area contributed by atoms with E-state index in [-0.39, 0.29) is 35.2 Å². The molecule has 35 heavy (non-hydrogen) atoms. The van der Waals surface area contributed by atoms with Crippen LogP contribution in [0.4, 0.5) is 33.1 Å². The number of fused-ring (bicyclic) bond motifs is 1. The van der Waals surface area contributed by atoms with E-state index in [1.54, 1.807) is 49.6 Å². The van der Waals surface area contributed by atoms with Crippen LogP contribution in [0.5, 0.6) is 5.75 Å². The number of anilines is 5. The minimum atomic E-state index is -0.584. The van der Waals surface area contributed by atoms with Crippen molar-refractivity contribution in [1.82, 2.24) is 10.3 Å². The summed E-state index contributed by atoms with van der Waals surface area (Å²) in [6.45, 7) is 8.51. The third-order valence-electron chi connectivity index (χ3n) is 5.24. The molecule has 1 aromatic heterocycles. The van der Waals surface area contributed by atoms with Gasteiger partial charge in [0, 0.05) is 42.0 Å². The lowest BCUT2D eigenvalue weighted by atomic mass is 10.1. The standard InChI is InChI=1S/C26H26FN5O3/c1-4-16(2)29-18-6-5-7-19(14-18)31-25-23(27)21-15-28-26(33)22(21)24(32-25)30-17-8-10-20(11-9-17)35-13-12-34-3/h4-11,14,29H,1-2,12-13,15H2,3H3,(H,28,33)(H2,30,31,32). The van der Waals surface area contributed by atoms with Gasteiger partial charge in [-0.2, -0.15) is 0 Å². The molecular weight excluding hydrogens is 449 g/mol. The average Bonchev–Trinajstić information content (AvgIpc) is 3.25. The summed E-state index contributed by atoms with van der Waals surface area (Å²) < 4.78 is 25.9. The number of carbonyl (C=O) groups excluding carboxylic acids is 1. The number of aromatic nitrogens is 1. The molecule has 180 valence electrons. The van der Waals surface area contributed by atoms with Crippen molar-refractivity contribution in [3.8, 4) is 5.75 Å². The largest absolute Gasteiger partial charge is 0.491 e. The minimum Gasteiger partial charge on any atom is -0.491 e. The number of allylic oxidation sites excluding steroid dienone is 1. The number of ether oxygens (including phenoxy) is 2. The van der Waals surface area contributed by atoms with Crippen LogP contribution in [0, 0.1) is 5.82 Å². The molecule has 0 aliphatic carbocycles. The highest BCUT2D eigenvalue weighted by Crippen LogP contribution is 2.33. The molecule has 0 atom stereocenters. The van der Waals surface area contributed by atoms with Gasteiger partial charge in [-0.1, -0.05) is 19.2 Å². The van der Waals surface area contributed by atoms with Gasteiger partial charge in [-0.3, -0.25) is 4.79 Å². The summed E-state index contributed by atoms with van der Waals surface area (Å²) >= 11 is 0. The maximum absolute atomic E-state index is 15.3. The number of benzene rings is 2. The summed E-state index contributed by atoms with van der Waals surface area (Å²) in [5, 5.41) is 11.9. The fourth-order valence-electron chi connectivity index (χ4n) is 3.52.